The number of nitrogens with zero attached hydrogens (tertiary/aromatic N) is 4. The minimum Gasteiger partial charge on any atom is -0.357 e. The Hall–Kier alpha value is -1.44. The van der Waals surface area contributed by atoms with Gasteiger partial charge in [-0.05, 0) is 12.8 Å². The van der Waals surface area contributed by atoms with Crippen LogP contribution in [0.1, 0.15) is 12.8 Å². The average Bonchev–Trinajstić information content (AvgIpc) is 2.92. The summed E-state index contributed by atoms with van der Waals surface area (Å²) < 4.78 is 11.0. The highest BCUT2D eigenvalue weighted by molar-refractivity contribution is 7.84. The summed E-state index contributed by atoms with van der Waals surface area (Å²) in [4.78, 5) is 15.2. The standard InChI is InChI=1S/C11H20N6OS/c1-12-9-14-10(13-5-8-19(2)18)16-11(15-9)17-6-3-4-7-17/h3-8H2,1-2H3,(H2,12,13,14,15,16). The van der Waals surface area contributed by atoms with Crippen LogP contribution in [-0.4, -0.2) is 57.9 Å². The molecule has 0 saturated carbocycles. The van der Waals surface area contributed by atoms with Crippen LogP contribution in [0.5, 0.6) is 0 Å². The molecule has 1 saturated heterocycles. The third-order valence-corrected chi connectivity index (χ3v) is 3.69. The molecule has 2 N–H and O–H groups in total. The van der Waals surface area contributed by atoms with Gasteiger partial charge < -0.3 is 15.5 Å². The van der Waals surface area contributed by atoms with Crippen molar-refractivity contribution in [2.45, 2.75) is 12.8 Å². The Morgan fingerprint density at radius 1 is 1.21 bits per heavy atom. The van der Waals surface area contributed by atoms with Gasteiger partial charge in [0, 0.05) is 49.5 Å². The van der Waals surface area contributed by atoms with Crippen LogP contribution in [0.4, 0.5) is 17.8 Å². The van der Waals surface area contributed by atoms with Gasteiger partial charge in [-0.25, -0.2) is 0 Å². The second-order valence-corrected chi connectivity index (χ2v) is 5.99. The summed E-state index contributed by atoms with van der Waals surface area (Å²) in [6.07, 6.45) is 4.04. The molecule has 2 rings (SSSR count). The van der Waals surface area contributed by atoms with Crippen LogP contribution in [0.15, 0.2) is 0 Å². The molecule has 1 aliphatic rings. The molecule has 1 unspecified atom stereocenters. The third kappa shape index (κ3) is 4.02. The molecule has 106 valence electrons. The minimum atomic E-state index is -0.813. The molecule has 0 amide bonds. The smallest absolute Gasteiger partial charge is 0.231 e. The van der Waals surface area contributed by atoms with E-state index in [9.17, 15) is 4.21 Å². The first kappa shape index (κ1) is 14.0. The van der Waals surface area contributed by atoms with Crippen LogP contribution < -0.4 is 15.5 Å². The molecule has 7 nitrogen and oxygen atoms in total. The summed E-state index contributed by atoms with van der Waals surface area (Å²) in [5, 5.41) is 6.03. The van der Waals surface area contributed by atoms with Crippen molar-refractivity contribution >= 4 is 28.6 Å². The van der Waals surface area contributed by atoms with Gasteiger partial charge in [0.05, 0.1) is 0 Å². The van der Waals surface area contributed by atoms with Crippen molar-refractivity contribution in [1.29, 1.82) is 0 Å². The molecule has 0 radical (unpaired) electrons. The summed E-state index contributed by atoms with van der Waals surface area (Å²) in [5.41, 5.74) is 0. The molecule has 1 aromatic rings. The van der Waals surface area contributed by atoms with Crippen LogP contribution >= 0.6 is 0 Å². The lowest BCUT2D eigenvalue weighted by Crippen LogP contribution is -2.22. The Labute approximate surface area is 115 Å². The highest BCUT2D eigenvalue weighted by Crippen LogP contribution is 2.18. The average molecular weight is 284 g/mol. The van der Waals surface area contributed by atoms with Crippen LogP contribution in [0.2, 0.25) is 0 Å². The summed E-state index contributed by atoms with van der Waals surface area (Å²) >= 11 is 0. The van der Waals surface area contributed by atoms with Crippen molar-refractivity contribution in [3.8, 4) is 0 Å². The molecule has 0 spiro atoms. The van der Waals surface area contributed by atoms with E-state index in [4.69, 9.17) is 0 Å². The van der Waals surface area contributed by atoms with E-state index in [1.165, 1.54) is 12.8 Å². The number of hydrogen-bond donors (Lipinski definition) is 2. The second kappa shape index (κ2) is 6.65. The van der Waals surface area contributed by atoms with Crippen LogP contribution in [0, 0.1) is 0 Å². The Morgan fingerprint density at radius 3 is 2.53 bits per heavy atom. The normalized spacial score (nSPS) is 16.4. The van der Waals surface area contributed by atoms with E-state index >= 15 is 0 Å². The van der Waals surface area contributed by atoms with Crippen molar-refractivity contribution in [1.82, 2.24) is 15.0 Å². The Morgan fingerprint density at radius 2 is 1.89 bits per heavy atom. The fourth-order valence-corrected chi connectivity index (χ4v) is 2.31. The topological polar surface area (TPSA) is 83.0 Å². The first-order valence-corrected chi connectivity index (χ1v) is 8.14. The van der Waals surface area contributed by atoms with Gasteiger partial charge in [-0.15, -0.1) is 0 Å². The quantitative estimate of drug-likeness (QED) is 0.777. The van der Waals surface area contributed by atoms with Gasteiger partial charge in [0.2, 0.25) is 17.8 Å². The van der Waals surface area contributed by atoms with Crippen LogP contribution in [0.25, 0.3) is 0 Å². The molecule has 2 heterocycles. The summed E-state index contributed by atoms with van der Waals surface area (Å²) in [5.74, 6) is 2.38. The predicted octanol–water partition coefficient (Wildman–Crippen LogP) is 0.304. The molecule has 19 heavy (non-hydrogen) atoms. The van der Waals surface area contributed by atoms with E-state index in [-0.39, 0.29) is 0 Å². The van der Waals surface area contributed by atoms with E-state index in [0.29, 0.717) is 30.1 Å². The number of anilines is 3. The van der Waals surface area contributed by atoms with Crippen molar-refractivity contribution in [3.63, 3.8) is 0 Å². The maximum absolute atomic E-state index is 11.0. The maximum atomic E-state index is 11.0. The van der Waals surface area contributed by atoms with Crippen molar-refractivity contribution in [2.75, 3.05) is 54.2 Å². The molecule has 0 aliphatic carbocycles. The molecular weight excluding hydrogens is 264 g/mol. The lowest BCUT2D eigenvalue weighted by Gasteiger charge is -2.16. The van der Waals surface area contributed by atoms with Crippen LogP contribution in [-0.2, 0) is 10.8 Å². The van der Waals surface area contributed by atoms with E-state index < -0.39 is 10.8 Å². The van der Waals surface area contributed by atoms with E-state index in [0.717, 1.165) is 13.1 Å². The molecule has 1 aliphatic heterocycles. The predicted molar refractivity (Wildman–Crippen MR) is 78.2 cm³/mol. The highest BCUT2D eigenvalue weighted by atomic mass is 32.2. The fourth-order valence-electron chi connectivity index (χ4n) is 1.92. The van der Waals surface area contributed by atoms with Crippen molar-refractivity contribution in [3.05, 3.63) is 0 Å². The number of hydrogen-bond acceptors (Lipinski definition) is 7. The molecule has 0 bridgehead atoms. The van der Waals surface area contributed by atoms with Crippen LogP contribution in [0.3, 0.4) is 0 Å². The van der Waals surface area contributed by atoms with Gasteiger partial charge in [-0.1, -0.05) is 0 Å². The minimum absolute atomic E-state index is 0.534. The molecule has 0 aromatic carbocycles. The number of nitrogens with one attached hydrogen (secondary N) is 2. The second-order valence-electron chi connectivity index (χ2n) is 4.43. The van der Waals surface area contributed by atoms with Gasteiger partial charge in [-0.2, -0.15) is 15.0 Å². The summed E-state index contributed by atoms with van der Waals surface area (Å²) in [6.45, 7) is 2.58. The largest absolute Gasteiger partial charge is 0.357 e. The zero-order chi connectivity index (χ0) is 13.7. The van der Waals surface area contributed by atoms with Gasteiger partial charge in [-0.3, -0.25) is 4.21 Å². The molecule has 1 atom stereocenters. The fraction of sp³-hybridized carbons (Fsp3) is 0.727. The van der Waals surface area contributed by atoms with E-state index in [1.54, 1.807) is 13.3 Å². The lowest BCUT2D eigenvalue weighted by atomic mass is 10.4. The first-order chi connectivity index (χ1) is 9.19. The van der Waals surface area contributed by atoms with Gasteiger partial charge >= 0.3 is 0 Å². The monoisotopic (exact) mass is 284 g/mol. The highest BCUT2D eigenvalue weighted by Gasteiger charge is 2.17. The maximum Gasteiger partial charge on any atom is 0.231 e. The molecular formula is C11H20N6OS. The van der Waals surface area contributed by atoms with E-state index in [2.05, 4.69) is 30.5 Å². The summed E-state index contributed by atoms with van der Waals surface area (Å²) in [6, 6.07) is 0. The Kier molecular flexibility index (Phi) is 4.89. The molecule has 1 fully saturated rings. The third-order valence-electron chi connectivity index (χ3n) is 2.91. The lowest BCUT2D eigenvalue weighted by molar-refractivity contribution is 0.687. The SMILES string of the molecule is CNc1nc(NCCS(C)=O)nc(N2CCCC2)n1. The molecule has 8 heteroatoms. The molecule has 1 aromatic heterocycles. The van der Waals surface area contributed by atoms with Gasteiger partial charge in [0.1, 0.15) is 0 Å². The number of aromatic nitrogens is 3. The van der Waals surface area contributed by atoms with Gasteiger partial charge in [0.25, 0.3) is 0 Å². The zero-order valence-corrected chi connectivity index (χ0v) is 12.2. The number of rotatable bonds is 6. The van der Waals surface area contributed by atoms with E-state index in [1.807, 2.05) is 0 Å². The van der Waals surface area contributed by atoms with Crippen molar-refractivity contribution < 1.29 is 4.21 Å². The Balaban J connectivity index is 2.08. The zero-order valence-electron chi connectivity index (χ0n) is 11.3. The first-order valence-electron chi connectivity index (χ1n) is 6.41. The Bertz CT molecular complexity index is 449. The van der Waals surface area contributed by atoms with Gasteiger partial charge in [0.15, 0.2) is 0 Å². The van der Waals surface area contributed by atoms with Crippen molar-refractivity contribution in [2.24, 2.45) is 0 Å². The summed E-state index contributed by atoms with van der Waals surface area (Å²) in [7, 11) is 0.972.